The van der Waals surface area contributed by atoms with Crippen LogP contribution in [-0.2, 0) is 28.7 Å². The van der Waals surface area contributed by atoms with Gasteiger partial charge < -0.3 is 29.7 Å². The fraction of sp³-hybridized carbons (Fsp3) is 0.588. The molecule has 0 aliphatic carbocycles. The number of hydrogen-bond donors (Lipinski definition) is 2. The first-order chi connectivity index (χ1) is 21.1. The number of amides is 3. The van der Waals surface area contributed by atoms with E-state index in [2.05, 4.69) is 12.2 Å². The maximum Gasteiger partial charge on any atom is 0.306 e. The van der Waals surface area contributed by atoms with Gasteiger partial charge in [-0.15, -0.1) is 0 Å². The van der Waals surface area contributed by atoms with Crippen molar-refractivity contribution in [3.8, 4) is 0 Å². The van der Waals surface area contributed by atoms with Gasteiger partial charge in [-0.3, -0.25) is 19.2 Å². The summed E-state index contributed by atoms with van der Waals surface area (Å²) >= 11 is 0. The Labute approximate surface area is 259 Å². The molecule has 10 heteroatoms. The highest BCUT2D eigenvalue weighted by Gasteiger charge is 2.74. The van der Waals surface area contributed by atoms with Crippen LogP contribution in [0, 0.1) is 17.8 Å². The van der Waals surface area contributed by atoms with Crippen molar-refractivity contribution in [2.75, 3.05) is 19.8 Å². The number of aliphatic hydroxyl groups is 1. The third kappa shape index (κ3) is 5.70. The fourth-order valence-corrected chi connectivity index (χ4v) is 7.31. The summed E-state index contributed by atoms with van der Waals surface area (Å²) in [5, 5.41) is 13.5. The maximum absolute atomic E-state index is 14.7. The molecule has 5 bridgehead atoms. The van der Waals surface area contributed by atoms with Gasteiger partial charge in [-0.05, 0) is 31.2 Å². The average Bonchev–Trinajstić information content (AvgIpc) is 3.64. The van der Waals surface area contributed by atoms with E-state index in [-0.39, 0.29) is 55.9 Å². The van der Waals surface area contributed by atoms with E-state index >= 15 is 0 Å². The van der Waals surface area contributed by atoms with Crippen molar-refractivity contribution in [1.82, 2.24) is 15.1 Å². The van der Waals surface area contributed by atoms with Gasteiger partial charge in [-0.25, -0.2) is 0 Å². The van der Waals surface area contributed by atoms with Crippen LogP contribution in [0.3, 0.4) is 0 Å². The zero-order valence-corrected chi connectivity index (χ0v) is 26.1. The first kappa shape index (κ1) is 31.9. The van der Waals surface area contributed by atoms with Crippen LogP contribution in [-0.4, -0.2) is 88.2 Å². The normalized spacial score (nSPS) is 32.9. The van der Waals surface area contributed by atoms with Crippen LogP contribution in [0.1, 0.15) is 65.0 Å². The number of carbonyl (C=O) groups is 4. The summed E-state index contributed by atoms with van der Waals surface area (Å²) in [5.41, 5.74) is -0.589. The lowest BCUT2D eigenvalue weighted by molar-refractivity contribution is -0.152. The minimum atomic E-state index is -1.35. The molecule has 1 unspecified atom stereocenters. The Kier molecular flexibility index (Phi) is 9.60. The summed E-state index contributed by atoms with van der Waals surface area (Å²) in [5.74, 6) is -3.45. The van der Waals surface area contributed by atoms with E-state index in [0.717, 1.165) is 18.4 Å². The Morgan fingerprint density at radius 1 is 1.07 bits per heavy atom. The highest BCUT2D eigenvalue weighted by atomic mass is 16.5. The summed E-state index contributed by atoms with van der Waals surface area (Å²) in [6.07, 6.45) is 8.82. The number of cyclic esters (lactones) is 1. The number of carbonyl (C=O) groups excluding carboxylic acids is 4. The summed E-state index contributed by atoms with van der Waals surface area (Å²) < 4.78 is 12.2. The number of esters is 1. The molecule has 1 aromatic rings. The van der Waals surface area contributed by atoms with Crippen molar-refractivity contribution in [2.45, 2.75) is 89.3 Å². The van der Waals surface area contributed by atoms with Crippen molar-refractivity contribution in [3.63, 3.8) is 0 Å². The lowest BCUT2D eigenvalue weighted by Crippen LogP contribution is -2.60. The van der Waals surface area contributed by atoms with Gasteiger partial charge in [0.2, 0.25) is 17.7 Å². The van der Waals surface area contributed by atoms with Gasteiger partial charge in [0.25, 0.3) is 0 Å². The molecule has 0 radical (unpaired) electrons. The Hall–Kier alpha value is -3.50. The van der Waals surface area contributed by atoms with Crippen LogP contribution in [0.2, 0.25) is 0 Å². The highest BCUT2D eigenvalue weighted by Crippen LogP contribution is 2.56. The van der Waals surface area contributed by atoms with Crippen molar-refractivity contribution < 1.29 is 33.8 Å². The lowest BCUT2D eigenvalue weighted by atomic mass is 9.74. The molecule has 4 aliphatic heterocycles. The van der Waals surface area contributed by atoms with Crippen LogP contribution in [0.4, 0.5) is 0 Å². The summed E-state index contributed by atoms with van der Waals surface area (Å²) in [4.78, 5) is 59.3. The fourth-order valence-electron chi connectivity index (χ4n) is 7.31. The van der Waals surface area contributed by atoms with Gasteiger partial charge in [0.1, 0.15) is 18.2 Å². The molecule has 1 aromatic carbocycles. The van der Waals surface area contributed by atoms with Gasteiger partial charge in [-0.1, -0.05) is 81.8 Å². The first-order valence-electron chi connectivity index (χ1n) is 15.9. The van der Waals surface area contributed by atoms with Crippen LogP contribution in [0.5, 0.6) is 0 Å². The number of rotatable bonds is 7. The predicted octanol–water partition coefficient (Wildman–Crippen LogP) is 2.92. The van der Waals surface area contributed by atoms with Crippen LogP contribution >= 0.6 is 0 Å². The van der Waals surface area contributed by atoms with E-state index in [1.807, 2.05) is 63.3 Å². The zero-order valence-electron chi connectivity index (χ0n) is 26.1. The molecule has 2 N–H and O–H groups in total. The molecular weight excluding hydrogens is 562 g/mol. The van der Waals surface area contributed by atoms with E-state index in [0.29, 0.717) is 6.42 Å². The maximum atomic E-state index is 14.7. The number of aliphatic hydroxyl groups excluding tert-OH is 1. The SMILES string of the molecule is CCCC(C)N1C/C=C\CCC(=O)OC[C@@H](c2ccccc2)NC(=O)[C@@H]2[C@@H]3C=C[C@]4(O3)[C@H](C1=O)N([C@@H](CO)C(C)C)C(=O)[C@@H]24. The smallest absolute Gasteiger partial charge is 0.306 e. The minimum Gasteiger partial charge on any atom is -0.463 e. The van der Waals surface area contributed by atoms with Gasteiger partial charge in [-0.2, -0.15) is 0 Å². The molecule has 4 heterocycles. The Morgan fingerprint density at radius 2 is 1.82 bits per heavy atom. The van der Waals surface area contributed by atoms with E-state index < -0.39 is 47.6 Å². The summed E-state index contributed by atoms with van der Waals surface area (Å²) in [6, 6.07) is 6.77. The topological polar surface area (TPSA) is 125 Å². The molecule has 3 amide bonds. The van der Waals surface area contributed by atoms with E-state index in [9.17, 15) is 24.3 Å². The first-order valence-corrected chi connectivity index (χ1v) is 15.9. The molecule has 10 nitrogen and oxygen atoms in total. The lowest BCUT2D eigenvalue weighted by Gasteiger charge is -2.41. The van der Waals surface area contributed by atoms with Crippen molar-refractivity contribution in [2.24, 2.45) is 17.8 Å². The molecule has 8 atom stereocenters. The Balaban J connectivity index is 1.60. The van der Waals surface area contributed by atoms with Crippen molar-refractivity contribution >= 4 is 23.7 Å². The number of hydrogen-bond acceptors (Lipinski definition) is 7. The second-order valence-electron chi connectivity index (χ2n) is 12.7. The van der Waals surface area contributed by atoms with Gasteiger partial charge in [0, 0.05) is 19.0 Å². The summed E-state index contributed by atoms with van der Waals surface area (Å²) in [7, 11) is 0. The second-order valence-corrected chi connectivity index (χ2v) is 12.7. The van der Waals surface area contributed by atoms with Gasteiger partial charge in [0.05, 0.1) is 36.6 Å². The number of nitrogens with one attached hydrogen (secondary N) is 1. The van der Waals surface area contributed by atoms with Gasteiger partial charge in [0.15, 0.2) is 0 Å². The number of fused-ring (bicyclic) bond motifs is 2. The molecule has 238 valence electrons. The molecule has 2 fully saturated rings. The Morgan fingerprint density at radius 3 is 2.50 bits per heavy atom. The van der Waals surface area contributed by atoms with E-state index in [4.69, 9.17) is 9.47 Å². The van der Waals surface area contributed by atoms with Crippen molar-refractivity contribution in [1.29, 1.82) is 0 Å². The van der Waals surface area contributed by atoms with Crippen LogP contribution in [0.25, 0.3) is 0 Å². The molecule has 0 aromatic heterocycles. The van der Waals surface area contributed by atoms with Crippen LogP contribution in [0.15, 0.2) is 54.6 Å². The third-order valence-corrected chi connectivity index (χ3v) is 9.60. The van der Waals surface area contributed by atoms with Crippen LogP contribution < -0.4 is 5.32 Å². The standard InChI is InChI=1S/C34H45N3O7/c1-5-12-22(4)36-18-11-7-10-15-27(39)43-20-24(23-13-8-6-9-14-23)35-31(40)28-26-16-17-34(44-26)29(28)32(41)37(30(34)33(36)42)25(19-38)21(2)3/h6-9,11,13-14,16-17,21-22,24-26,28-30,38H,5,10,12,15,18-20H2,1-4H3,(H,35,40)/b11-7-/t22?,24-,25-,26-,28+,29+,30-,34+/m0/s1. The third-order valence-electron chi connectivity index (χ3n) is 9.60. The Bertz CT molecular complexity index is 1300. The molecule has 44 heavy (non-hydrogen) atoms. The molecule has 2 saturated heterocycles. The monoisotopic (exact) mass is 607 g/mol. The average molecular weight is 608 g/mol. The summed E-state index contributed by atoms with van der Waals surface area (Å²) in [6.45, 7) is 7.75. The molecule has 1 spiro atoms. The molecule has 0 saturated carbocycles. The number of benzene rings is 1. The van der Waals surface area contributed by atoms with Crippen molar-refractivity contribution in [3.05, 3.63) is 60.2 Å². The van der Waals surface area contributed by atoms with Gasteiger partial charge >= 0.3 is 5.97 Å². The van der Waals surface area contributed by atoms with E-state index in [1.54, 1.807) is 17.1 Å². The number of allylic oxidation sites excluding steroid dienone is 1. The quantitative estimate of drug-likeness (QED) is 0.361. The largest absolute Gasteiger partial charge is 0.463 e. The zero-order chi connectivity index (χ0) is 31.6. The molecular formula is C34H45N3O7. The second kappa shape index (κ2) is 13.2. The van der Waals surface area contributed by atoms with E-state index in [1.165, 1.54) is 4.90 Å². The molecule has 5 rings (SSSR count). The number of ether oxygens (including phenoxy) is 2. The number of nitrogens with zero attached hydrogens (tertiary/aromatic N) is 2. The molecule has 4 aliphatic rings. The predicted molar refractivity (Wildman–Crippen MR) is 163 cm³/mol. The minimum absolute atomic E-state index is 0.0639. The number of likely N-dealkylation sites (tertiary alicyclic amines) is 1. The highest BCUT2D eigenvalue weighted by molar-refractivity contribution is 6.00.